The Kier molecular flexibility index (Phi) is 6.68. The zero-order valence-corrected chi connectivity index (χ0v) is 16.6. The number of hydrogen-bond donors (Lipinski definition) is 1. The maximum atomic E-state index is 12.6. The highest BCUT2D eigenvalue weighted by atomic mass is 32.2. The van der Waals surface area contributed by atoms with Crippen LogP contribution in [0.3, 0.4) is 0 Å². The van der Waals surface area contributed by atoms with Gasteiger partial charge in [-0.05, 0) is 62.4 Å². The van der Waals surface area contributed by atoms with E-state index in [4.69, 9.17) is 9.47 Å². The highest BCUT2D eigenvalue weighted by Gasteiger charge is 2.29. The lowest BCUT2D eigenvalue weighted by Crippen LogP contribution is -2.45. The van der Waals surface area contributed by atoms with Gasteiger partial charge in [0.25, 0.3) is 0 Å². The molecule has 1 N–H and O–H groups in total. The number of amides is 1. The Morgan fingerprint density at radius 1 is 1.07 bits per heavy atom. The van der Waals surface area contributed by atoms with Gasteiger partial charge in [-0.1, -0.05) is 0 Å². The summed E-state index contributed by atoms with van der Waals surface area (Å²) in [5, 5.41) is 2.73. The predicted octanol–water partition coefficient (Wildman–Crippen LogP) is 2.89. The third kappa shape index (κ3) is 5.37. The molecule has 8 heteroatoms. The Bertz CT molecular complexity index is 864. The fourth-order valence-corrected chi connectivity index (χ4v) is 3.76. The number of hydrogen-bond acceptors (Lipinski definition) is 5. The van der Waals surface area contributed by atoms with Gasteiger partial charge in [0.2, 0.25) is 15.9 Å². The molecule has 0 bridgehead atoms. The van der Waals surface area contributed by atoms with E-state index in [1.807, 2.05) is 6.92 Å². The number of carbonyl (C=O) groups excluding carboxylic acids is 1. The molecule has 0 aliphatic carbocycles. The standard InChI is InChI=1S/C19H24N2O5S/c1-5-26-18-10-6-15(7-11-18)20-19(22)14(2)21(27(4,23)24)16-8-12-17(25-3)13-9-16/h6-14H,5H2,1-4H3,(H,20,22)/t14-/m0/s1. The minimum Gasteiger partial charge on any atom is -0.497 e. The zero-order valence-electron chi connectivity index (χ0n) is 15.8. The molecule has 0 heterocycles. The molecule has 0 unspecified atom stereocenters. The molecule has 2 aromatic carbocycles. The normalized spacial score (nSPS) is 12.1. The molecule has 1 amide bonds. The minimum atomic E-state index is -3.68. The Morgan fingerprint density at radius 3 is 2.11 bits per heavy atom. The van der Waals surface area contributed by atoms with Crippen molar-refractivity contribution >= 4 is 27.3 Å². The van der Waals surface area contributed by atoms with Crippen molar-refractivity contribution in [1.82, 2.24) is 0 Å². The van der Waals surface area contributed by atoms with E-state index in [0.717, 1.165) is 10.6 Å². The SMILES string of the molecule is CCOc1ccc(NC(=O)[C@H](C)N(c2ccc(OC)cc2)S(C)(=O)=O)cc1. The summed E-state index contributed by atoms with van der Waals surface area (Å²) in [5.74, 6) is 0.846. The lowest BCUT2D eigenvalue weighted by Gasteiger charge is -2.28. The molecule has 0 aliphatic rings. The number of sulfonamides is 1. The predicted molar refractivity (Wildman–Crippen MR) is 106 cm³/mol. The van der Waals surface area contributed by atoms with E-state index in [9.17, 15) is 13.2 Å². The molecule has 2 rings (SSSR count). The number of ether oxygens (including phenoxy) is 2. The second kappa shape index (κ2) is 8.77. The monoisotopic (exact) mass is 392 g/mol. The molecule has 146 valence electrons. The van der Waals surface area contributed by atoms with E-state index < -0.39 is 22.0 Å². The van der Waals surface area contributed by atoms with Crippen molar-refractivity contribution in [3.8, 4) is 11.5 Å². The van der Waals surface area contributed by atoms with Crippen molar-refractivity contribution in [2.24, 2.45) is 0 Å². The lowest BCUT2D eigenvalue weighted by molar-refractivity contribution is -0.116. The highest BCUT2D eigenvalue weighted by Crippen LogP contribution is 2.24. The summed E-state index contributed by atoms with van der Waals surface area (Å²) in [4.78, 5) is 12.6. The number of anilines is 2. The Hall–Kier alpha value is -2.74. The largest absolute Gasteiger partial charge is 0.497 e. The number of benzene rings is 2. The smallest absolute Gasteiger partial charge is 0.247 e. The van der Waals surface area contributed by atoms with Crippen molar-refractivity contribution in [2.45, 2.75) is 19.9 Å². The summed E-state index contributed by atoms with van der Waals surface area (Å²) in [6.07, 6.45) is 1.07. The van der Waals surface area contributed by atoms with E-state index in [1.54, 1.807) is 48.5 Å². The molecule has 0 spiro atoms. The van der Waals surface area contributed by atoms with Gasteiger partial charge in [-0.3, -0.25) is 9.10 Å². The first kappa shape index (κ1) is 20.6. The van der Waals surface area contributed by atoms with Crippen molar-refractivity contribution in [2.75, 3.05) is 29.6 Å². The van der Waals surface area contributed by atoms with Crippen molar-refractivity contribution in [3.63, 3.8) is 0 Å². The van der Waals surface area contributed by atoms with Gasteiger partial charge in [0, 0.05) is 5.69 Å². The Balaban J connectivity index is 2.21. The maximum Gasteiger partial charge on any atom is 0.247 e. The van der Waals surface area contributed by atoms with Gasteiger partial charge in [0.15, 0.2) is 0 Å². The van der Waals surface area contributed by atoms with Crippen molar-refractivity contribution in [3.05, 3.63) is 48.5 Å². The molecular formula is C19H24N2O5S. The van der Waals surface area contributed by atoms with E-state index in [2.05, 4.69) is 5.32 Å². The van der Waals surface area contributed by atoms with Gasteiger partial charge in [0.05, 0.1) is 25.7 Å². The van der Waals surface area contributed by atoms with Gasteiger partial charge >= 0.3 is 0 Å². The molecule has 0 radical (unpaired) electrons. The molecule has 7 nitrogen and oxygen atoms in total. The summed E-state index contributed by atoms with van der Waals surface area (Å²) < 4.78 is 36.1. The van der Waals surface area contributed by atoms with Crippen LogP contribution in [0.25, 0.3) is 0 Å². The summed E-state index contributed by atoms with van der Waals surface area (Å²) >= 11 is 0. The topological polar surface area (TPSA) is 84.9 Å². The van der Waals surface area contributed by atoms with Crippen LogP contribution in [0.5, 0.6) is 11.5 Å². The second-order valence-electron chi connectivity index (χ2n) is 5.88. The van der Waals surface area contributed by atoms with Crippen molar-refractivity contribution in [1.29, 1.82) is 0 Å². The van der Waals surface area contributed by atoms with Gasteiger partial charge in [-0.2, -0.15) is 0 Å². The molecular weight excluding hydrogens is 368 g/mol. The molecule has 2 aromatic rings. The first-order chi connectivity index (χ1) is 12.8. The number of nitrogens with one attached hydrogen (secondary N) is 1. The van der Waals surface area contributed by atoms with Gasteiger partial charge in [-0.25, -0.2) is 8.42 Å². The Labute approximate surface area is 160 Å². The van der Waals surface area contributed by atoms with E-state index >= 15 is 0 Å². The zero-order chi connectivity index (χ0) is 20.0. The van der Waals surface area contributed by atoms with Gasteiger partial charge < -0.3 is 14.8 Å². The molecule has 1 atom stereocenters. The molecule has 27 heavy (non-hydrogen) atoms. The highest BCUT2D eigenvalue weighted by molar-refractivity contribution is 7.92. The molecule has 0 saturated carbocycles. The quantitative estimate of drug-likeness (QED) is 0.747. The summed E-state index contributed by atoms with van der Waals surface area (Å²) in [5.41, 5.74) is 0.936. The maximum absolute atomic E-state index is 12.6. The van der Waals surface area contributed by atoms with Crippen molar-refractivity contribution < 1.29 is 22.7 Å². The number of carbonyl (C=O) groups is 1. The third-order valence-electron chi connectivity index (χ3n) is 3.85. The number of nitrogens with zero attached hydrogens (tertiary/aromatic N) is 1. The second-order valence-corrected chi connectivity index (χ2v) is 7.74. The summed E-state index contributed by atoms with van der Waals surface area (Å²) in [6.45, 7) is 3.97. The van der Waals surface area contributed by atoms with Gasteiger partial charge in [-0.15, -0.1) is 0 Å². The Morgan fingerprint density at radius 2 is 1.63 bits per heavy atom. The van der Waals surface area contributed by atoms with E-state index in [1.165, 1.54) is 14.0 Å². The van der Waals surface area contributed by atoms with Crippen LogP contribution in [0.15, 0.2) is 48.5 Å². The van der Waals surface area contributed by atoms with Crippen LogP contribution >= 0.6 is 0 Å². The van der Waals surface area contributed by atoms with Crippen LogP contribution in [0, 0.1) is 0 Å². The molecule has 0 fully saturated rings. The number of rotatable bonds is 8. The van der Waals surface area contributed by atoms with Crippen LogP contribution in [-0.2, 0) is 14.8 Å². The van der Waals surface area contributed by atoms with Crippen LogP contribution < -0.4 is 19.1 Å². The van der Waals surface area contributed by atoms with E-state index in [-0.39, 0.29) is 0 Å². The van der Waals surface area contributed by atoms with Gasteiger partial charge in [0.1, 0.15) is 17.5 Å². The average Bonchev–Trinajstić information content (AvgIpc) is 2.63. The molecule has 0 aromatic heterocycles. The minimum absolute atomic E-state index is 0.382. The molecule has 0 aliphatic heterocycles. The fraction of sp³-hybridized carbons (Fsp3) is 0.316. The van der Waals surface area contributed by atoms with Crippen LogP contribution in [0.1, 0.15) is 13.8 Å². The summed E-state index contributed by atoms with van der Waals surface area (Å²) in [6, 6.07) is 12.4. The fourth-order valence-electron chi connectivity index (χ4n) is 2.59. The van der Waals surface area contributed by atoms with E-state index in [0.29, 0.717) is 29.5 Å². The first-order valence-corrected chi connectivity index (χ1v) is 10.3. The third-order valence-corrected chi connectivity index (χ3v) is 5.09. The number of methoxy groups -OCH3 is 1. The molecule has 0 saturated heterocycles. The van der Waals surface area contributed by atoms with Crippen LogP contribution in [0.2, 0.25) is 0 Å². The van der Waals surface area contributed by atoms with Crippen LogP contribution in [-0.4, -0.2) is 40.3 Å². The van der Waals surface area contributed by atoms with Crippen LogP contribution in [0.4, 0.5) is 11.4 Å². The lowest BCUT2D eigenvalue weighted by atomic mass is 10.2. The first-order valence-electron chi connectivity index (χ1n) is 8.43. The summed E-state index contributed by atoms with van der Waals surface area (Å²) in [7, 11) is -2.15. The average molecular weight is 392 g/mol.